The lowest BCUT2D eigenvalue weighted by Crippen LogP contribution is -1.81. The minimum atomic E-state index is 0.976. The molecule has 0 N–H and O–H groups in total. The Morgan fingerprint density at radius 1 is 1.07 bits per heavy atom. The van der Waals surface area contributed by atoms with E-state index in [9.17, 15) is 0 Å². The Labute approximate surface area is 110 Å². The second-order valence-corrected chi connectivity index (χ2v) is 5.69. The molecule has 0 bridgehead atoms. The van der Waals surface area contributed by atoms with Crippen LogP contribution in [0.4, 0.5) is 0 Å². The van der Waals surface area contributed by atoms with E-state index in [1.807, 2.05) is 24.3 Å². The van der Waals surface area contributed by atoms with Crippen LogP contribution < -0.4 is 0 Å². The lowest BCUT2D eigenvalue weighted by atomic mass is 10.4. The van der Waals surface area contributed by atoms with E-state index in [1.54, 1.807) is 18.0 Å². The molecule has 1 aromatic heterocycles. The molecule has 15 heavy (non-hydrogen) atoms. The fourth-order valence-electron chi connectivity index (χ4n) is 1.08. The van der Waals surface area contributed by atoms with Gasteiger partial charge in [0.1, 0.15) is 5.03 Å². The average molecular weight is 345 g/mol. The van der Waals surface area contributed by atoms with E-state index < -0.39 is 0 Å². The normalized spacial score (nSPS) is 10.3. The lowest BCUT2D eigenvalue weighted by Gasteiger charge is -2.03. The first kappa shape index (κ1) is 11.2. The number of rotatable bonds is 2. The molecule has 4 heteroatoms. The fraction of sp³-hybridized carbons (Fsp3) is 0. The molecule has 0 radical (unpaired) electrons. The van der Waals surface area contributed by atoms with Crippen LogP contribution in [0.5, 0.6) is 0 Å². The van der Waals surface area contributed by atoms with Gasteiger partial charge in [-0.2, -0.15) is 0 Å². The molecule has 1 heterocycles. The Kier molecular flexibility index (Phi) is 3.83. The summed E-state index contributed by atoms with van der Waals surface area (Å²) < 4.78 is 1.98. The summed E-state index contributed by atoms with van der Waals surface area (Å²) in [5.41, 5.74) is 0. The quantitative estimate of drug-likeness (QED) is 0.779. The number of hydrogen-bond donors (Lipinski definition) is 0. The molecule has 76 valence electrons. The maximum atomic E-state index is 4.34. The van der Waals surface area contributed by atoms with Crippen LogP contribution in [0.1, 0.15) is 0 Å². The zero-order chi connectivity index (χ0) is 10.7. The molecule has 0 aliphatic rings. The van der Waals surface area contributed by atoms with Crippen LogP contribution in [0, 0.1) is 0 Å². The summed E-state index contributed by atoms with van der Waals surface area (Å²) >= 11 is 8.52. The molecule has 0 aliphatic carbocycles. The van der Waals surface area contributed by atoms with Gasteiger partial charge in [0.05, 0.1) is 4.47 Å². The highest BCUT2D eigenvalue weighted by Gasteiger charge is 2.03. The van der Waals surface area contributed by atoms with Crippen molar-refractivity contribution in [2.45, 2.75) is 9.92 Å². The smallest absolute Gasteiger partial charge is 0.115 e. The second-order valence-electron chi connectivity index (χ2n) is 2.86. The monoisotopic (exact) mass is 343 g/mol. The number of benzene rings is 1. The van der Waals surface area contributed by atoms with Crippen molar-refractivity contribution in [3.8, 4) is 0 Å². The molecule has 0 saturated heterocycles. The summed E-state index contributed by atoms with van der Waals surface area (Å²) in [5, 5.41) is 0.976. The van der Waals surface area contributed by atoms with Gasteiger partial charge in [-0.1, -0.05) is 30.0 Å². The first-order chi connectivity index (χ1) is 7.25. The van der Waals surface area contributed by atoms with Crippen molar-refractivity contribution in [3.05, 3.63) is 51.5 Å². The molecule has 0 atom stereocenters. The van der Waals surface area contributed by atoms with Crippen molar-refractivity contribution in [3.63, 3.8) is 0 Å². The summed E-state index contributed by atoms with van der Waals surface area (Å²) in [7, 11) is 0. The highest BCUT2D eigenvalue weighted by Crippen LogP contribution is 2.32. The summed E-state index contributed by atoms with van der Waals surface area (Å²) in [6.07, 6.45) is 1.80. The molecule has 0 fully saturated rings. The zero-order valence-electron chi connectivity index (χ0n) is 7.65. The van der Waals surface area contributed by atoms with Crippen molar-refractivity contribution in [1.29, 1.82) is 0 Å². The van der Waals surface area contributed by atoms with E-state index in [0.29, 0.717) is 0 Å². The zero-order valence-corrected chi connectivity index (χ0v) is 11.6. The largest absolute Gasteiger partial charge is 0.247 e. The summed E-state index contributed by atoms with van der Waals surface area (Å²) in [6, 6.07) is 12.2. The fourth-order valence-corrected chi connectivity index (χ4v) is 3.09. The highest BCUT2D eigenvalue weighted by atomic mass is 79.9. The van der Waals surface area contributed by atoms with Crippen LogP contribution in [-0.2, 0) is 0 Å². The van der Waals surface area contributed by atoms with Gasteiger partial charge in [-0.25, -0.2) is 4.98 Å². The van der Waals surface area contributed by atoms with E-state index >= 15 is 0 Å². The van der Waals surface area contributed by atoms with E-state index in [2.05, 4.69) is 49.0 Å². The summed E-state index contributed by atoms with van der Waals surface area (Å²) in [6.45, 7) is 0. The molecule has 1 nitrogen and oxygen atoms in total. The van der Waals surface area contributed by atoms with Crippen LogP contribution in [0.2, 0.25) is 0 Å². The van der Waals surface area contributed by atoms with Gasteiger partial charge in [-0.05, 0) is 50.1 Å². The molecular formula is C11H7Br2NS. The Morgan fingerprint density at radius 3 is 2.47 bits per heavy atom. The van der Waals surface area contributed by atoms with Crippen LogP contribution in [0.3, 0.4) is 0 Å². The number of nitrogens with zero attached hydrogens (tertiary/aromatic N) is 1. The molecule has 1 aromatic carbocycles. The van der Waals surface area contributed by atoms with Crippen molar-refractivity contribution in [1.82, 2.24) is 4.98 Å². The van der Waals surface area contributed by atoms with Crippen molar-refractivity contribution >= 4 is 43.6 Å². The molecule has 0 amide bonds. The minimum absolute atomic E-state index is 0.976. The van der Waals surface area contributed by atoms with Crippen molar-refractivity contribution < 1.29 is 0 Å². The predicted molar refractivity (Wildman–Crippen MR) is 70.2 cm³/mol. The molecular weight excluding hydrogens is 338 g/mol. The van der Waals surface area contributed by atoms with Crippen molar-refractivity contribution in [2.24, 2.45) is 0 Å². The number of pyridine rings is 1. The first-order valence-corrected chi connectivity index (χ1v) is 6.70. The van der Waals surface area contributed by atoms with Crippen molar-refractivity contribution in [2.75, 3.05) is 0 Å². The maximum absolute atomic E-state index is 4.34. The van der Waals surface area contributed by atoms with Crippen LogP contribution in [-0.4, -0.2) is 4.98 Å². The summed E-state index contributed by atoms with van der Waals surface area (Å²) in [4.78, 5) is 5.53. The molecule has 0 unspecified atom stereocenters. The Balaban J connectivity index is 2.25. The van der Waals surface area contributed by atoms with Gasteiger partial charge in [0, 0.05) is 15.6 Å². The van der Waals surface area contributed by atoms with Crippen LogP contribution in [0.15, 0.2) is 61.5 Å². The molecule has 2 rings (SSSR count). The van der Waals surface area contributed by atoms with Gasteiger partial charge in [-0.3, -0.25) is 0 Å². The van der Waals surface area contributed by atoms with Gasteiger partial charge in [0.15, 0.2) is 0 Å². The van der Waals surface area contributed by atoms with Gasteiger partial charge >= 0.3 is 0 Å². The lowest BCUT2D eigenvalue weighted by molar-refractivity contribution is 1.10. The van der Waals surface area contributed by atoms with Crippen LogP contribution >= 0.6 is 43.6 Å². The Morgan fingerprint density at radius 2 is 1.80 bits per heavy atom. The standard InChI is InChI=1S/C11H7Br2NS/c12-8-6-10(13)11(14-7-8)15-9-4-2-1-3-5-9/h1-7H. The first-order valence-electron chi connectivity index (χ1n) is 4.29. The molecule has 0 spiro atoms. The van der Waals surface area contributed by atoms with Gasteiger partial charge < -0.3 is 0 Å². The Bertz CT molecular complexity index is 459. The molecule has 0 saturated carbocycles. The topological polar surface area (TPSA) is 12.9 Å². The number of hydrogen-bond acceptors (Lipinski definition) is 2. The number of aromatic nitrogens is 1. The van der Waals surface area contributed by atoms with Gasteiger partial charge in [0.25, 0.3) is 0 Å². The maximum Gasteiger partial charge on any atom is 0.115 e. The third-order valence-corrected chi connectivity index (χ3v) is 4.06. The van der Waals surface area contributed by atoms with Gasteiger partial charge in [-0.15, -0.1) is 0 Å². The van der Waals surface area contributed by atoms with E-state index in [4.69, 9.17) is 0 Å². The predicted octanol–water partition coefficient (Wildman–Crippen LogP) is 4.76. The Hall–Kier alpha value is -0.320. The third-order valence-electron chi connectivity index (χ3n) is 1.73. The highest BCUT2D eigenvalue weighted by molar-refractivity contribution is 9.11. The van der Waals surface area contributed by atoms with Crippen LogP contribution in [0.25, 0.3) is 0 Å². The van der Waals surface area contributed by atoms with E-state index in [0.717, 1.165) is 14.0 Å². The van der Waals surface area contributed by atoms with E-state index in [-0.39, 0.29) is 0 Å². The number of halogens is 2. The molecule has 2 aromatic rings. The summed E-state index contributed by atoms with van der Waals surface area (Å²) in [5.74, 6) is 0. The second kappa shape index (κ2) is 5.14. The SMILES string of the molecule is Brc1cnc(Sc2ccccc2)c(Br)c1. The third kappa shape index (κ3) is 3.06. The van der Waals surface area contributed by atoms with Gasteiger partial charge in [0.2, 0.25) is 0 Å². The van der Waals surface area contributed by atoms with E-state index in [1.165, 1.54) is 4.90 Å². The average Bonchev–Trinajstić information content (AvgIpc) is 2.24. The molecule has 0 aliphatic heterocycles. The minimum Gasteiger partial charge on any atom is -0.247 e.